The summed E-state index contributed by atoms with van der Waals surface area (Å²) in [6.45, 7) is 0. The number of anilines is 1. The Morgan fingerprint density at radius 1 is 0.962 bits per heavy atom. The first kappa shape index (κ1) is 17.7. The van der Waals surface area contributed by atoms with Crippen LogP contribution in [0.3, 0.4) is 0 Å². The summed E-state index contributed by atoms with van der Waals surface area (Å²) in [5.74, 6) is 0.501. The molecule has 4 heteroatoms. The maximum Gasteiger partial charge on any atom is 0.165 e. The molecule has 26 heavy (non-hydrogen) atoms. The van der Waals surface area contributed by atoms with Crippen LogP contribution in [-0.4, -0.2) is 12.9 Å². The fourth-order valence-electron chi connectivity index (χ4n) is 2.76. The molecule has 0 aromatic heterocycles. The van der Waals surface area contributed by atoms with E-state index in [2.05, 4.69) is 5.32 Å². The topological polar surface area (TPSA) is 38.3 Å². The quantitative estimate of drug-likeness (QED) is 0.591. The molecule has 1 N–H and O–H groups in total. The van der Waals surface area contributed by atoms with Crippen LogP contribution in [-0.2, 0) is 0 Å². The van der Waals surface area contributed by atoms with E-state index in [0.717, 1.165) is 17.0 Å². The number of hydrogen-bond donors (Lipinski definition) is 1. The van der Waals surface area contributed by atoms with Crippen molar-refractivity contribution in [1.82, 2.24) is 0 Å². The molecule has 3 rings (SSSR count). The van der Waals surface area contributed by atoms with Crippen LogP contribution in [0.1, 0.15) is 28.4 Å². The summed E-state index contributed by atoms with van der Waals surface area (Å²) in [5, 5.41) is 3.33. The molecule has 0 heterocycles. The molecule has 132 valence electrons. The Balaban J connectivity index is 1.84. The van der Waals surface area contributed by atoms with Gasteiger partial charge in [0.2, 0.25) is 0 Å². The van der Waals surface area contributed by atoms with E-state index in [4.69, 9.17) is 4.74 Å². The highest BCUT2D eigenvalue weighted by Gasteiger charge is 2.17. The van der Waals surface area contributed by atoms with Gasteiger partial charge >= 0.3 is 0 Å². The van der Waals surface area contributed by atoms with Gasteiger partial charge in [0.1, 0.15) is 11.6 Å². The number of carbonyl (C=O) groups is 1. The molecule has 0 saturated carbocycles. The molecule has 3 aromatic carbocycles. The van der Waals surface area contributed by atoms with Gasteiger partial charge in [0.05, 0.1) is 13.2 Å². The normalized spacial score (nSPS) is 11.6. The van der Waals surface area contributed by atoms with Crippen molar-refractivity contribution in [2.45, 2.75) is 12.5 Å². The number of rotatable bonds is 7. The fraction of sp³-hybridized carbons (Fsp3) is 0.136. The van der Waals surface area contributed by atoms with E-state index in [1.807, 2.05) is 54.6 Å². The second kappa shape index (κ2) is 8.30. The average molecular weight is 349 g/mol. The summed E-state index contributed by atoms with van der Waals surface area (Å²) in [4.78, 5) is 12.7. The van der Waals surface area contributed by atoms with Crippen molar-refractivity contribution in [2.24, 2.45) is 0 Å². The molecule has 0 bridgehead atoms. The Hall–Kier alpha value is -3.14. The molecule has 0 saturated heterocycles. The zero-order chi connectivity index (χ0) is 18.4. The Morgan fingerprint density at radius 3 is 2.23 bits per heavy atom. The number of ether oxygens (including phenoxy) is 1. The van der Waals surface area contributed by atoms with E-state index in [9.17, 15) is 9.18 Å². The first-order valence-electron chi connectivity index (χ1n) is 8.40. The molecule has 0 aliphatic carbocycles. The predicted molar refractivity (Wildman–Crippen MR) is 101 cm³/mol. The summed E-state index contributed by atoms with van der Waals surface area (Å²) in [7, 11) is 1.61. The highest BCUT2D eigenvalue weighted by molar-refractivity contribution is 5.96. The van der Waals surface area contributed by atoms with E-state index < -0.39 is 0 Å². The summed E-state index contributed by atoms with van der Waals surface area (Å²) in [6, 6.07) is 22.7. The van der Waals surface area contributed by atoms with Crippen molar-refractivity contribution in [3.63, 3.8) is 0 Å². The number of benzene rings is 3. The number of ketones is 1. The van der Waals surface area contributed by atoms with Crippen LogP contribution in [0.15, 0.2) is 78.9 Å². The summed E-state index contributed by atoms with van der Waals surface area (Å²) in [6.07, 6.45) is 0.285. The zero-order valence-electron chi connectivity index (χ0n) is 14.5. The average Bonchev–Trinajstić information content (AvgIpc) is 2.70. The van der Waals surface area contributed by atoms with E-state index >= 15 is 0 Å². The van der Waals surface area contributed by atoms with Crippen molar-refractivity contribution < 1.29 is 13.9 Å². The molecule has 0 unspecified atom stereocenters. The lowest BCUT2D eigenvalue weighted by molar-refractivity contribution is 0.0976. The summed E-state index contributed by atoms with van der Waals surface area (Å²) in [5.41, 5.74) is 2.39. The van der Waals surface area contributed by atoms with Crippen molar-refractivity contribution in [3.8, 4) is 5.75 Å². The smallest absolute Gasteiger partial charge is 0.165 e. The maximum atomic E-state index is 13.2. The second-order valence-electron chi connectivity index (χ2n) is 5.97. The van der Waals surface area contributed by atoms with Crippen LogP contribution in [0.25, 0.3) is 0 Å². The fourth-order valence-corrected chi connectivity index (χ4v) is 2.76. The minimum atomic E-state index is -0.295. The predicted octanol–water partition coefficient (Wildman–Crippen LogP) is 5.26. The van der Waals surface area contributed by atoms with Crippen molar-refractivity contribution >= 4 is 11.5 Å². The molecule has 0 fully saturated rings. The van der Waals surface area contributed by atoms with Crippen LogP contribution >= 0.6 is 0 Å². The van der Waals surface area contributed by atoms with Crippen molar-refractivity contribution in [2.75, 3.05) is 12.4 Å². The molecule has 0 radical (unpaired) electrons. The maximum absolute atomic E-state index is 13.2. The summed E-state index contributed by atoms with van der Waals surface area (Å²) < 4.78 is 18.4. The minimum absolute atomic E-state index is 0.0426. The third kappa shape index (κ3) is 4.48. The molecule has 3 nitrogen and oxygen atoms in total. The standard InChI is InChI=1S/C22H20FNO2/c1-26-20-13-7-16(8-14-20)21(24-19-11-9-18(23)10-12-19)15-22(25)17-5-3-2-4-6-17/h2-14,21,24H,15H2,1H3/t21-/m0/s1. The monoisotopic (exact) mass is 349 g/mol. The van der Waals surface area contributed by atoms with Gasteiger partial charge in [0.25, 0.3) is 0 Å². The minimum Gasteiger partial charge on any atom is -0.497 e. The largest absolute Gasteiger partial charge is 0.497 e. The van der Waals surface area contributed by atoms with E-state index in [-0.39, 0.29) is 24.1 Å². The van der Waals surface area contributed by atoms with E-state index in [1.54, 1.807) is 19.2 Å². The van der Waals surface area contributed by atoms with Gasteiger partial charge in [0.15, 0.2) is 5.78 Å². The third-order valence-electron chi connectivity index (χ3n) is 4.19. The van der Waals surface area contributed by atoms with Gasteiger partial charge in [-0.15, -0.1) is 0 Å². The van der Waals surface area contributed by atoms with Gasteiger partial charge in [-0.25, -0.2) is 4.39 Å². The lowest BCUT2D eigenvalue weighted by Gasteiger charge is -2.20. The van der Waals surface area contributed by atoms with Crippen LogP contribution in [0, 0.1) is 5.82 Å². The van der Waals surface area contributed by atoms with Gasteiger partial charge in [0, 0.05) is 17.7 Å². The van der Waals surface area contributed by atoms with Gasteiger partial charge in [-0.1, -0.05) is 42.5 Å². The number of carbonyl (C=O) groups excluding carboxylic acids is 1. The molecule has 1 atom stereocenters. The Bertz CT molecular complexity index is 846. The molecule has 0 aliphatic rings. The molecule has 3 aromatic rings. The molecular formula is C22H20FNO2. The number of hydrogen-bond acceptors (Lipinski definition) is 3. The van der Waals surface area contributed by atoms with Crippen LogP contribution in [0.4, 0.5) is 10.1 Å². The number of methoxy groups -OCH3 is 1. The van der Waals surface area contributed by atoms with E-state index in [1.165, 1.54) is 12.1 Å². The Morgan fingerprint density at radius 2 is 1.62 bits per heavy atom. The number of Topliss-reactive ketones (excluding diaryl/α,β-unsaturated/α-hetero) is 1. The van der Waals surface area contributed by atoms with Gasteiger partial charge < -0.3 is 10.1 Å². The van der Waals surface area contributed by atoms with Crippen LogP contribution in [0.2, 0.25) is 0 Å². The van der Waals surface area contributed by atoms with Crippen LogP contribution in [0.5, 0.6) is 5.75 Å². The van der Waals surface area contributed by atoms with Gasteiger partial charge in [-0.05, 0) is 42.0 Å². The van der Waals surface area contributed by atoms with Crippen LogP contribution < -0.4 is 10.1 Å². The lowest BCUT2D eigenvalue weighted by atomic mass is 9.97. The number of halogens is 1. The Kier molecular flexibility index (Phi) is 5.64. The van der Waals surface area contributed by atoms with Gasteiger partial charge in [-0.2, -0.15) is 0 Å². The van der Waals surface area contributed by atoms with Crippen molar-refractivity contribution in [3.05, 3.63) is 95.8 Å². The zero-order valence-corrected chi connectivity index (χ0v) is 14.5. The highest BCUT2D eigenvalue weighted by Crippen LogP contribution is 2.26. The number of nitrogens with one attached hydrogen (secondary N) is 1. The molecule has 0 aliphatic heterocycles. The Labute approximate surface area is 152 Å². The SMILES string of the molecule is COc1ccc([C@H](CC(=O)c2ccccc2)Nc2ccc(F)cc2)cc1. The molecule has 0 amide bonds. The first-order chi connectivity index (χ1) is 12.7. The molecule has 0 spiro atoms. The van der Waals surface area contributed by atoms with Gasteiger partial charge in [-0.3, -0.25) is 4.79 Å². The first-order valence-corrected chi connectivity index (χ1v) is 8.40. The molecular weight excluding hydrogens is 329 g/mol. The van der Waals surface area contributed by atoms with E-state index in [0.29, 0.717) is 5.56 Å². The van der Waals surface area contributed by atoms with Crippen molar-refractivity contribution in [1.29, 1.82) is 0 Å². The second-order valence-corrected chi connectivity index (χ2v) is 5.97. The summed E-state index contributed by atoms with van der Waals surface area (Å²) >= 11 is 0. The lowest BCUT2D eigenvalue weighted by Crippen LogP contribution is -2.16. The highest BCUT2D eigenvalue weighted by atomic mass is 19.1. The third-order valence-corrected chi connectivity index (χ3v) is 4.19.